The molecule has 0 amide bonds. The molecule has 1 radical (unpaired) electrons. The lowest BCUT2D eigenvalue weighted by molar-refractivity contribution is 0.928. The molecule has 0 unspecified atom stereocenters. The molecule has 1 heteroatoms. The molecule has 205 valence electrons. The van der Waals surface area contributed by atoms with Gasteiger partial charge in [0.2, 0.25) is 0 Å². The van der Waals surface area contributed by atoms with Gasteiger partial charge < -0.3 is 0 Å². The van der Waals surface area contributed by atoms with Crippen molar-refractivity contribution in [3.8, 4) is 0 Å². The van der Waals surface area contributed by atoms with Crippen LogP contribution in [0.2, 0.25) is 0 Å². The molecule has 1 aliphatic carbocycles. The monoisotopic (exact) mass is 533 g/mol. The lowest BCUT2D eigenvalue weighted by Gasteiger charge is -2.39. The Balaban J connectivity index is 2.20. The summed E-state index contributed by atoms with van der Waals surface area (Å²) in [6, 6.07) is 22.8. The van der Waals surface area contributed by atoms with Crippen LogP contribution in [0.3, 0.4) is 0 Å². The number of hydrogen-bond acceptors (Lipinski definition) is 0. The summed E-state index contributed by atoms with van der Waals surface area (Å²) >= 11 is 0. The third kappa shape index (κ3) is 5.94. The lowest BCUT2D eigenvalue weighted by Crippen LogP contribution is -2.70. The predicted molar refractivity (Wildman–Crippen MR) is 176 cm³/mol. The summed E-state index contributed by atoms with van der Waals surface area (Å²) in [7, 11) is -2.59. The van der Waals surface area contributed by atoms with E-state index < -0.39 is 8.07 Å². The van der Waals surface area contributed by atoms with Gasteiger partial charge in [-0.05, 0) is 93.9 Å². The van der Waals surface area contributed by atoms with Crippen molar-refractivity contribution in [2.75, 3.05) is 0 Å². The second kappa shape index (κ2) is 13.1. The van der Waals surface area contributed by atoms with E-state index in [0.717, 1.165) is 44.9 Å². The van der Waals surface area contributed by atoms with Gasteiger partial charge in [-0.25, -0.2) is 0 Å². The Morgan fingerprint density at radius 3 is 1.05 bits per heavy atom. The van der Waals surface area contributed by atoms with Crippen LogP contribution in [-0.4, -0.2) is 8.07 Å². The molecular formula is C38H49Si. The summed E-state index contributed by atoms with van der Waals surface area (Å²) < 4.78 is 0. The second-order valence-corrected chi connectivity index (χ2v) is 15.1. The van der Waals surface area contributed by atoms with Gasteiger partial charge in [-0.15, -0.1) is 0 Å². The maximum atomic E-state index is 2.58. The number of benzene rings is 3. The second-order valence-electron chi connectivity index (χ2n) is 11.2. The summed E-state index contributed by atoms with van der Waals surface area (Å²) in [5, 5.41) is 4.66. The Kier molecular flexibility index (Phi) is 9.89. The number of aryl methyl sites for hydroxylation is 6. The molecule has 0 aliphatic heterocycles. The zero-order chi connectivity index (χ0) is 28.0. The maximum absolute atomic E-state index is 2.59. The Bertz CT molecular complexity index is 1140. The van der Waals surface area contributed by atoms with E-state index in [4.69, 9.17) is 0 Å². The summed E-state index contributed by atoms with van der Waals surface area (Å²) in [5.74, 6) is 0. The standard InChI is InChI=1S/C38H49Si/c1-8-15-34-16-17-35(27-34)39(36-21-28(9-2)18-29(10-3)22-36,37-23-30(11-4)19-31(12-5)24-37)38-25-32(13-6)20-33(14-7)26-38/h16-27H,8-15H2,1-7H3. The molecule has 0 spiro atoms. The highest BCUT2D eigenvalue weighted by atomic mass is 28.3. The van der Waals surface area contributed by atoms with Crippen LogP contribution >= 0.6 is 0 Å². The quantitative estimate of drug-likeness (QED) is 0.164. The fourth-order valence-corrected chi connectivity index (χ4v) is 11.5. The van der Waals surface area contributed by atoms with Crippen LogP contribution in [0.5, 0.6) is 0 Å². The molecular weight excluding hydrogens is 485 g/mol. The first kappa shape index (κ1) is 29.3. The Morgan fingerprint density at radius 2 is 0.769 bits per heavy atom. The first-order chi connectivity index (χ1) is 18.9. The average molecular weight is 534 g/mol. The summed E-state index contributed by atoms with van der Waals surface area (Å²) in [6.45, 7) is 16.2. The van der Waals surface area contributed by atoms with Gasteiger partial charge in [-0.3, -0.25) is 0 Å². The Labute approximate surface area is 240 Å². The Morgan fingerprint density at radius 1 is 0.436 bits per heavy atom. The molecule has 0 bridgehead atoms. The van der Waals surface area contributed by atoms with Crippen molar-refractivity contribution in [3.05, 3.63) is 117 Å². The number of allylic oxidation sites excluding steroid dienone is 4. The third-order valence-electron chi connectivity index (χ3n) is 8.70. The zero-order valence-corrected chi connectivity index (χ0v) is 26.6. The molecule has 0 aromatic heterocycles. The minimum Gasteiger partial charge on any atom is -0.0750 e. The van der Waals surface area contributed by atoms with Gasteiger partial charge >= 0.3 is 0 Å². The van der Waals surface area contributed by atoms with Crippen LogP contribution in [-0.2, 0) is 38.5 Å². The molecule has 4 rings (SSSR count). The van der Waals surface area contributed by atoms with E-state index in [9.17, 15) is 0 Å². The van der Waals surface area contributed by atoms with Crippen molar-refractivity contribution in [3.63, 3.8) is 0 Å². The van der Waals surface area contributed by atoms with Crippen LogP contribution in [0.4, 0.5) is 0 Å². The van der Waals surface area contributed by atoms with Crippen molar-refractivity contribution in [2.24, 2.45) is 0 Å². The minimum absolute atomic E-state index is 1.07. The number of hydrogen-bond donors (Lipinski definition) is 0. The van der Waals surface area contributed by atoms with Crippen LogP contribution in [0.15, 0.2) is 78.4 Å². The first-order valence-electron chi connectivity index (χ1n) is 15.6. The van der Waals surface area contributed by atoms with E-state index in [2.05, 4.69) is 121 Å². The average Bonchev–Trinajstić information content (AvgIpc) is 3.45. The molecule has 0 N–H and O–H groups in total. The smallest absolute Gasteiger partial charge is 0.0750 e. The van der Waals surface area contributed by atoms with Crippen LogP contribution in [0.25, 0.3) is 0 Å². The largest absolute Gasteiger partial charge is 0.162 e. The molecule has 39 heavy (non-hydrogen) atoms. The highest BCUT2D eigenvalue weighted by Crippen LogP contribution is 2.32. The van der Waals surface area contributed by atoms with Gasteiger partial charge in [0.05, 0.1) is 0 Å². The normalized spacial score (nSPS) is 13.8. The topological polar surface area (TPSA) is 0 Å². The molecule has 3 aromatic carbocycles. The fraction of sp³-hybridized carbons (Fsp3) is 0.395. The highest BCUT2D eigenvalue weighted by Gasteiger charge is 2.47. The molecule has 0 saturated heterocycles. The van der Waals surface area contributed by atoms with Gasteiger partial charge in [0.1, 0.15) is 0 Å². The van der Waals surface area contributed by atoms with E-state index in [0.29, 0.717) is 0 Å². The van der Waals surface area contributed by atoms with Gasteiger partial charge in [-0.1, -0.05) is 133 Å². The van der Waals surface area contributed by atoms with Crippen LogP contribution in [0, 0.1) is 5.54 Å². The van der Waals surface area contributed by atoms with E-state index in [1.807, 2.05) is 0 Å². The van der Waals surface area contributed by atoms with Crippen molar-refractivity contribution in [1.82, 2.24) is 0 Å². The van der Waals surface area contributed by atoms with E-state index >= 15 is 0 Å². The molecule has 0 nitrogen and oxygen atoms in total. The summed E-state index contributed by atoms with van der Waals surface area (Å²) in [6.07, 6.45) is 16.2. The van der Waals surface area contributed by atoms with Crippen molar-refractivity contribution >= 4 is 23.6 Å². The minimum atomic E-state index is -2.59. The highest BCUT2D eigenvalue weighted by molar-refractivity contribution is 7.15. The first-order valence-corrected chi connectivity index (χ1v) is 17.6. The van der Waals surface area contributed by atoms with Gasteiger partial charge in [-0.2, -0.15) is 0 Å². The molecule has 0 heterocycles. The van der Waals surface area contributed by atoms with Gasteiger partial charge in [0, 0.05) is 5.54 Å². The molecule has 0 saturated carbocycles. The van der Waals surface area contributed by atoms with Crippen LogP contribution in [0.1, 0.15) is 94.7 Å². The fourth-order valence-electron chi connectivity index (χ4n) is 6.33. The molecule has 0 atom stereocenters. The molecule has 1 aliphatic rings. The van der Waals surface area contributed by atoms with E-state index in [1.165, 1.54) is 45.4 Å². The number of rotatable bonds is 12. The van der Waals surface area contributed by atoms with Crippen molar-refractivity contribution < 1.29 is 0 Å². The third-order valence-corrected chi connectivity index (χ3v) is 13.3. The zero-order valence-electron chi connectivity index (χ0n) is 25.6. The SMILES string of the molecule is CCCC1=C[C]([Si](c2cc(CC)cc(CC)c2)(c2cc(CC)cc(CC)c2)c2cc(CC)cc(CC)c2)C=C1. The maximum Gasteiger partial charge on any atom is 0.162 e. The molecule has 0 fully saturated rings. The Hall–Kier alpha value is -2.64. The van der Waals surface area contributed by atoms with Crippen molar-refractivity contribution in [2.45, 2.75) is 99.8 Å². The summed E-state index contributed by atoms with van der Waals surface area (Å²) in [4.78, 5) is 0. The van der Waals surface area contributed by atoms with Crippen LogP contribution < -0.4 is 15.6 Å². The summed E-state index contributed by atoms with van der Waals surface area (Å²) in [5.41, 5.74) is 11.8. The van der Waals surface area contributed by atoms with E-state index in [-0.39, 0.29) is 0 Å². The van der Waals surface area contributed by atoms with E-state index in [1.54, 1.807) is 21.1 Å². The predicted octanol–water partition coefficient (Wildman–Crippen LogP) is 7.94. The van der Waals surface area contributed by atoms with Gasteiger partial charge in [0.25, 0.3) is 0 Å². The molecule has 3 aromatic rings. The van der Waals surface area contributed by atoms with Gasteiger partial charge in [0.15, 0.2) is 8.07 Å². The lowest BCUT2D eigenvalue weighted by atomic mass is 10.1. The van der Waals surface area contributed by atoms with Crippen molar-refractivity contribution in [1.29, 1.82) is 0 Å².